The van der Waals surface area contributed by atoms with Gasteiger partial charge in [-0.05, 0) is 24.5 Å². The van der Waals surface area contributed by atoms with Gasteiger partial charge in [0.1, 0.15) is 17.8 Å². The summed E-state index contributed by atoms with van der Waals surface area (Å²) >= 11 is 0. The second-order valence-corrected chi connectivity index (χ2v) is 4.84. The zero-order valence-corrected chi connectivity index (χ0v) is 11.7. The lowest BCUT2D eigenvalue weighted by Gasteiger charge is -2.12. The van der Waals surface area contributed by atoms with E-state index in [-0.39, 0.29) is 0 Å². The van der Waals surface area contributed by atoms with Crippen LogP contribution in [0.1, 0.15) is 20.3 Å². The number of ether oxygens (including phenoxy) is 1. The average molecular weight is 273 g/mol. The molecule has 0 aliphatic heterocycles. The summed E-state index contributed by atoms with van der Waals surface area (Å²) in [6, 6.07) is 3.58. The van der Waals surface area contributed by atoms with Crippen molar-refractivity contribution in [1.29, 1.82) is 0 Å². The molecule has 0 aliphatic rings. The van der Waals surface area contributed by atoms with Gasteiger partial charge in [0, 0.05) is 12.7 Å². The summed E-state index contributed by atoms with van der Waals surface area (Å²) < 4.78 is 5.60. The van der Waals surface area contributed by atoms with Crippen molar-refractivity contribution in [2.75, 3.05) is 17.6 Å². The van der Waals surface area contributed by atoms with Crippen molar-refractivity contribution in [3.8, 4) is 11.6 Å². The standard InChI is InChI=1S/C14H19N5O/c1-10(2)5-7-17-13-12(15)14(19-9-18-13)20-11-4-3-6-16-8-11/h3-4,6,8-10H,5,7,15H2,1-2H3,(H,17,18,19). The number of nitrogen functional groups attached to an aromatic ring is 1. The summed E-state index contributed by atoms with van der Waals surface area (Å²) in [5.41, 5.74) is 6.42. The lowest BCUT2D eigenvalue weighted by Crippen LogP contribution is -2.09. The van der Waals surface area contributed by atoms with Gasteiger partial charge in [-0.25, -0.2) is 4.98 Å². The predicted octanol–water partition coefficient (Wildman–Crippen LogP) is 2.70. The first kappa shape index (κ1) is 14.0. The summed E-state index contributed by atoms with van der Waals surface area (Å²) in [4.78, 5) is 12.2. The molecule has 0 bridgehead atoms. The lowest BCUT2D eigenvalue weighted by molar-refractivity contribution is 0.462. The summed E-state index contributed by atoms with van der Waals surface area (Å²) in [6.45, 7) is 5.15. The first-order valence-electron chi connectivity index (χ1n) is 6.59. The fraction of sp³-hybridized carbons (Fsp3) is 0.357. The molecule has 0 saturated carbocycles. The summed E-state index contributed by atoms with van der Waals surface area (Å²) in [5, 5.41) is 3.20. The molecule has 0 unspecified atom stereocenters. The maximum atomic E-state index is 6.02. The fourth-order valence-electron chi connectivity index (χ4n) is 1.60. The number of hydrogen-bond donors (Lipinski definition) is 2. The molecule has 20 heavy (non-hydrogen) atoms. The van der Waals surface area contributed by atoms with Crippen molar-refractivity contribution >= 4 is 11.5 Å². The number of nitrogens with zero attached hydrogens (tertiary/aromatic N) is 3. The number of nitrogens with one attached hydrogen (secondary N) is 1. The van der Waals surface area contributed by atoms with E-state index in [0.717, 1.165) is 13.0 Å². The minimum atomic E-state index is 0.333. The van der Waals surface area contributed by atoms with Gasteiger partial charge in [0.05, 0.1) is 6.20 Å². The topological polar surface area (TPSA) is 86.0 Å². The molecule has 0 atom stereocenters. The van der Waals surface area contributed by atoms with Crippen LogP contribution in [0.15, 0.2) is 30.9 Å². The first-order valence-corrected chi connectivity index (χ1v) is 6.59. The Bertz CT molecular complexity index is 545. The van der Waals surface area contributed by atoms with Crippen LogP contribution in [0, 0.1) is 5.92 Å². The minimum Gasteiger partial charge on any atom is -0.435 e. The van der Waals surface area contributed by atoms with Gasteiger partial charge in [-0.15, -0.1) is 0 Å². The zero-order valence-electron chi connectivity index (χ0n) is 11.7. The van der Waals surface area contributed by atoms with Crippen molar-refractivity contribution in [3.05, 3.63) is 30.9 Å². The molecule has 0 aliphatic carbocycles. The second kappa shape index (κ2) is 6.70. The van der Waals surface area contributed by atoms with Gasteiger partial charge < -0.3 is 15.8 Å². The van der Waals surface area contributed by atoms with Gasteiger partial charge in [0.2, 0.25) is 5.88 Å². The Kier molecular flexibility index (Phi) is 4.70. The molecule has 0 amide bonds. The Morgan fingerprint density at radius 2 is 2.20 bits per heavy atom. The lowest BCUT2D eigenvalue weighted by atomic mass is 10.1. The number of pyridine rings is 1. The van der Waals surface area contributed by atoms with Crippen LogP contribution in [-0.4, -0.2) is 21.5 Å². The van der Waals surface area contributed by atoms with Gasteiger partial charge in [0.25, 0.3) is 0 Å². The highest BCUT2D eigenvalue weighted by Crippen LogP contribution is 2.28. The molecule has 6 heteroatoms. The predicted molar refractivity (Wildman–Crippen MR) is 78.7 cm³/mol. The third-order valence-corrected chi connectivity index (χ3v) is 2.71. The number of anilines is 2. The quantitative estimate of drug-likeness (QED) is 0.841. The summed E-state index contributed by atoms with van der Waals surface area (Å²) in [6.07, 6.45) is 5.75. The Labute approximate surface area is 118 Å². The molecule has 2 aromatic rings. The van der Waals surface area contributed by atoms with Gasteiger partial charge in [-0.3, -0.25) is 4.98 Å². The highest BCUT2D eigenvalue weighted by Gasteiger charge is 2.10. The molecule has 0 fully saturated rings. The van der Waals surface area contributed by atoms with E-state index in [0.29, 0.717) is 29.1 Å². The van der Waals surface area contributed by atoms with Gasteiger partial charge in [-0.2, -0.15) is 4.98 Å². The maximum absolute atomic E-state index is 6.02. The molecule has 2 rings (SSSR count). The molecule has 2 heterocycles. The smallest absolute Gasteiger partial charge is 0.248 e. The van der Waals surface area contributed by atoms with Crippen LogP contribution in [-0.2, 0) is 0 Å². The fourth-order valence-corrected chi connectivity index (χ4v) is 1.60. The van der Waals surface area contributed by atoms with E-state index < -0.39 is 0 Å². The molecule has 6 nitrogen and oxygen atoms in total. The Morgan fingerprint density at radius 1 is 1.35 bits per heavy atom. The molecule has 106 valence electrons. The number of aromatic nitrogens is 3. The van der Waals surface area contributed by atoms with Crippen molar-refractivity contribution in [3.63, 3.8) is 0 Å². The zero-order chi connectivity index (χ0) is 14.4. The van der Waals surface area contributed by atoms with Crippen LogP contribution < -0.4 is 15.8 Å². The van der Waals surface area contributed by atoms with E-state index >= 15 is 0 Å². The van der Waals surface area contributed by atoms with Crippen molar-refractivity contribution in [1.82, 2.24) is 15.0 Å². The molecule has 0 aromatic carbocycles. The monoisotopic (exact) mass is 273 g/mol. The van der Waals surface area contributed by atoms with Crippen LogP contribution in [0.25, 0.3) is 0 Å². The van der Waals surface area contributed by atoms with Crippen LogP contribution in [0.2, 0.25) is 0 Å². The van der Waals surface area contributed by atoms with Crippen molar-refractivity contribution < 1.29 is 4.74 Å². The normalized spacial score (nSPS) is 10.6. The molecule has 2 aromatic heterocycles. The van der Waals surface area contributed by atoms with E-state index in [4.69, 9.17) is 10.5 Å². The Hall–Kier alpha value is -2.37. The van der Waals surface area contributed by atoms with Crippen molar-refractivity contribution in [2.24, 2.45) is 5.92 Å². The average Bonchev–Trinajstić information content (AvgIpc) is 2.44. The van der Waals surface area contributed by atoms with Gasteiger partial charge in [0.15, 0.2) is 5.82 Å². The van der Waals surface area contributed by atoms with Crippen LogP contribution in [0.3, 0.4) is 0 Å². The van der Waals surface area contributed by atoms with Crippen LogP contribution in [0.4, 0.5) is 11.5 Å². The molecular formula is C14H19N5O. The first-order chi connectivity index (χ1) is 9.66. The van der Waals surface area contributed by atoms with Crippen LogP contribution in [0.5, 0.6) is 11.6 Å². The summed E-state index contributed by atoms with van der Waals surface area (Å²) in [7, 11) is 0. The number of nitrogens with two attached hydrogens (primary N) is 1. The summed E-state index contributed by atoms with van der Waals surface area (Å²) in [5.74, 6) is 2.14. The highest BCUT2D eigenvalue weighted by atomic mass is 16.5. The Morgan fingerprint density at radius 3 is 2.90 bits per heavy atom. The molecule has 0 saturated heterocycles. The molecule has 0 spiro atoms. The van der Waals surface area contributed by atoms with E-state index in [1.165, 1.54) is 6.33 Å². The van der Waals surface area contributed by atoms with E-state index in [9.17, 15) is 0 Å². The largest absolute Gasteiger partial charge is 0.435 e. The molecular weight excluding hydrogens is 254 g/mol. The minimum absolute atomic E-state index is 0.333. The van der Waals surface area contributed by atoms with Gasteiger partial charge >= 0.3 is 0 Å². The second-order valence-electron chi connectivity index (χ2n) is 4.84. The van der Waals surface area contributed by atoms with Crippen LogP contribution >= 0.6 is 0 Å². The van der Waals surface area contributed by atoms with Crippen molar-refractivity contribution in [2.45, 2.75) is 20.3 Å². The molecule has 3 N–H and O–H groups in total. The third kappa shape index (κ3) is 3.81. The van der Waals surface area contributed by atoms with E-state index in [2.05, 4.69) is 34.1 Å². The van der Waals surface area contributed by atoms with E-state index in [1.807, 2.05) is 0 Å². The molecule has 0 radical (unpaired) electrons. The highest BCUT2D eigenvalue weighted by molar-refractivity contribution is 5.66. The van der Waals surface area contributed by atoms with E-state index in [1.54, 1.807) is 24.5 Å². The number of rotatable bonds is 6. The van der Waals surface area contributed by atoms with Gasteiger partial charge in [-0.1, -0.05) is 13.8 Å². The third-order valence-electron chi connectivity index (χ3n) is 2.71. The SMILES string of the molecule is CC(C)CCNc1ncnc(Oc2cccnc2)c1N. The Balaban J connectivity index is 2.07. The number of hydrogen-bond acceptors (Lipinski definition) is 6. The maximum Gasteiger partial charge on any atom is 0.248 e.